The van der Waals surface area contributed by atoms with Gasteiger partial charge in [-0.1, -0.05) is 12.1 Å². The molecule has 8 heteroatoms. The summed E-state index contributed by atoms with van der Waals surface area (Å²) in [5.41, 5.74) is 1.62. The largest absolute Gasteiger partial charge is 0.465 e. The van der Waals surface area contributed by atoms with Gasteiger partial charge in [-0.25, -0.2) is 9.97 Å². The summed E-state index contributed by atoms with van der Waals surface area (Å²) in [4.78, 5) is 7.78. The van der Waals surface area contributed by atoms with Crippen LogP contribution in [0.15, 0.2) is 41.4 Å². The van der Waals surface area contributed by atoms with Crippen LogP contribution >= 0.6 is 0 Å². The first kappa shape index (κ1) is 13.3. The Hall–Kier alpha value is -2.64. The van der Waals surface area contributed by atoms with Crippen LogP contribution in [0, 0.1) is 0 Å². The Morgan fingerprint density at radius 3 is 2.62 bits per heavy atom. The van der Waals surface area contributed by atoms with Crippen LogP contribution < -0.4 is 4.74 Å². The number of ether oxygens (including phenoxy) is 1. The van der Waals surface area contributed by atoms with Gasteiger partial charge in [0.05, 0.1) is 5.39 Å². The number of rotatable bonds is 3. The molecule has 5 nitrogen and oxygen atoms in total. The monoisotopic (exact) mass is 295 g/mol. The molecule has 0 bridgehead atoms. The van der Waals surface area contributed by atoms with Crippen molar-refractivity contribution < 1.29 is 22.4 Å². The first-order valence-corrected chi connectivity index (χ1v) is 5.88. The van der Waals surface area contributed by atoms with Gasteiger partial charge in [0.2, 0.25) is 0 Å². The standard InChI is InChI=1S/C13H8F3N3O2/c14-13(15,16)6-20-12-10-3-1-2-9(11(10)21-19-12)8-4-17-7-18-5-8/h1-5,7H,6H2. The van der Waals surface area contributed by atoms with Crippen molar-refractivity contribution in [3.8, 4) is 17.0 Å². The molecule has 0 N–H and O–H groups in total. The van der Waals surface area contributed by atoms with Crippen molar-refractivity contribution in [2.75, 3.05) is 6.61 Å². The van der Waals surface area contributed by atoms with E-state index < -0.39 is 12.8 Å². The molecule has 0 aliphatic heterocycles. The Morgan fingerprint density at radius 2 is 1.90 bits per heavy atom. The fourth-order valence-corrected chi connectivity index (χ4v) is 1.86. The van der Waals surface area contributed by atoms with Gasteiger partial charge >= 0.3 is 6.18 Å². The highest BCUT2D eigenvalue weighted by Gasteiger charge is 2.29. The number of hydrogen-bond donors (Lipinski definition) is 0. The van der Waals surface area contributed by atoms with Gasteiger partial charge in [-0.15, -0.1) is 0 Å². The Balaban J connectivity index is 2.01. The van der Waals surface area contributed by atoms with Crippen molar-refractivity contribution in [2.45, 2.75) is 6.18 Å². The van der Waals surface area contributed by atoms with E-state index in [0.717, 1.165) is 0 Å². The zero-order valence-electron chi connectivity index (χ0n) is 10.5. The topological polar surface area (TPSA) is 61.0 Å². The summed E-state index contributed by atoms with van der Waals surface area (Å²) < 4.78 is 46.3. The van der Waals surface area contributed by atoms with Gasteiger partial charge in [-0.05, 0) is 11.2 Å². The molecule has 0 fully saturated rings. The second-order valence-electron chi connectivity index (χ2n) is 4.20. The van der Waals surface area contributed by atoms with Crippen LogP contribution in [0.3, 0.4) is 0 Å². The summed E-state index contributed by atoms with van der Waals surface area (Å²) in [6, 6.07) is 4.98. The van der Waals surface area contributed by atoms with Crippen molar-refractivity contribution in [3.63, 3.8) is 0 Å². The average molecular weight is 295 g/mol. The minimum Gasteiger partial charge on any atom is -0.465 e. The highest BCUT2D eigenvalue weighted by Crippen LogP contribution is 2.33. The Labute approximate surface area is 116 Å². The predicted molar refractivity (Wildman–Crippen MR) is 66.6 cm³/mol. The Kier molecular flexibility index (Phi) is 3.20. The third-order valence-corrected chi connectivity index (χ3v) is 2.71. The quantitative estimate of drug-likeness (QED) is 0.742. The molecule has 2 aromatic heterocycles. The second-order valence-corrected chi connectivity index (χ2v) is 4.20. The first-order chi connectivity index (χ1) is 10.0. The van der Waals surface area contributed by atoms with Gasteiger partial charge in [-0.3, -0.25) is 0 Å². The van der Waals surface area contributed by atoms with E-state index in [1.54, 1.807) is 30.6 Å². The van der Waals surface area contributed by atoms with Crippen LogP contribution in [0.1, 0.15) is 0 Å². The SMILES string of the molecule is FC(F)(F)COc1noc2c(-c3cncnc3)cccc12. The van der Waals surface area contributed by atoms with Gasteiger partial charge in [0.1, 0.15) is 6.33 Å². The highest BCUT2D eigenvalue weighted by molar-refractivity contribution is 5.94. The number of hydrogen-bond acceptors (Lipinski definition) is 5. The van der Waals surface area contributed by atoms with Gasteiger partial charge in [0.15, 0.2) is 12.2 Å². The number of alkyl halides is 3. The molecule has 0 radical (unpaired) electrons. The molecular formula is C13H8F3N3O2. The minimum atomic E-state index is -4.43. The molecule has 0 aliphatic carbocycles. The lowest BCUT2D eigenvalue weighted by Crippen LogP contribution is -2.19. The molecule has 0 aliphatic rings. The summed E-state index contributed by atoms with van der Waals surface area (Å²) in [5, 5.41) is 3.91. The van der Waals surface area contributed by atoms with E-state index >= 15 is 0 Å². The fourth-order valence-electron chi connectivity index (χ4n) is 1.86. The van der Waals surface area contributed by atoms with Crippen LogP contribution in [0.4, 0.5) is 13.2 Å². The van der Waals surface area contributed by atoms with Crippen LogP contribution in [-0.2, 0) is 0 Å². The number of para-hydroxylation sites is 1. The molecule has 0 spiro atoms. The lowest BCUT2D eigenvalue weighted by molar-refractivity contribution is -0.154. The van der Waals surface area contributed by atoms with Crippen LogP contribution in [-0.4, -0.2) is 27.9 Å². The van der Waals surface area contributed by atoms with Crippen LogP contribution in [0.25, 0.3) is 22.1 Å². The normalized spacial score (nSPS) is 11.8. The lowest BCUT2D eigenvalue weighted by Gasteiger charge is -2.06. The minimum absolute atomic E-state index is 0.193. The van der Waals surface area contributed by atoms with Crippen molar-refractivity contribution in [3.05, 3.63) is 36.9 Å². The molecule has 0 atom stereocenters. The number of fused-ring (bicyclic) bond motifs is 1. The van der Waals surface area contributed by atoms with E-state index in [1.165, 1.54) is 6.33 Å². The molecule has 0 saturated carbocycles. The summed E-state index contributed by atoms with van der Waals surface area (Å²) in [6.07, 6.45) is 0.0825. The molecule has 2 heterocycles. The molecule has 1 aromatic carbocycles. The average Bonchev–Trinajstić information content (AvgIpc) is 2.88. The number of benzene rings is 1. The zero-order chi connectivity index (χ0) is 14.9. The summed E-state index contributed by atoms with van der Waals surface area (Å²) >= 11 is 0. The summed E-state index contributed by atoms with van der Waals surface area (Å²) in [6.45, 7) is -1.42. The van der Waals surface area contributed by atoms with E-state index in [9.17, 15) is 13.2 Å². The van der Waals surface area contributed by atoms with Crippen molar-refractivity contribution >= 4 is 11.0 Å². The van der Waals surface area contributed by atoms with Gasteiger partial charge in [-0.2, -0.15) is 13.2 Å². The molecule has 0 amide bonds. The number of halogens is 3. The fraction of sp³-hybridized carbons (Fsp3) is 0.154. The smallest absolute Gasteiger partial charge is 0.422 e. The maximum Gasteiger partial charge on any atom is 0.422 e. The van der Waals surface area contributed by atoms with Gasteiger partial charge in [0.25, 0.3) is 5.88 Å². The van der Waals surface area contributed by atoms with Crippen molar-refractivity contribution in [1.82, 2.24) is 15.1 Å². The molecular weight excluding hydrogens is 287 g/mol. The molecule has 108 valence electrons. The van der Waals surface area contributed by atoms with E-state index in [-0.39, 0.29) is 5.88 Å². The first-order valence-electron chi connectivity index (χ1n) is 5.88. The molecule has 0 saturated heterocycles. The molecule has 3 rings (SSSR count). The summed E-state index contributed by atoms with van der Waals surface area (Å²) in [5.74, 6) is -0.193. The second kappa shape index (κ2) is 5.04. The third-order valence-electron chi connectivity index (χ3n) is 2.71. The summed E-state index contributed by atoms with van der Waals surface area (Å²) in [7, 11) is 0. The van der Waals surface area contributed by atoms with Crippen molar-refractivity contribution in [2.24, 2.45) is 0 Å². The van der Waals surface area contributed by atoms with E-state index in [4.69, 9.17) is 4.52 Å². The van der Waals surface area contributed by atoms with Crippen LogP contribution in [0.5, 0.6) is 5.88 Å². The Bertz CT molecular complexity index is 756. The molecule has 0 unspecified atom stereocenters. The third kappa shape index (κ3) is 2.78. The van der Waals surface area contributed by atoms with Gasteiger partial charge in [0, 0.05) is 23.5 Å². The maximum absolute atomic E-state index is 12.2. The van der Waals surface area contributed by atoms with E-state index in [2.05, 4.69) is 19.9 Å². The van der Waals surface area contributed by atoms with Crippen molar-refractivity contribution in [1.29, 1.82) is 0 Å². The Morgan fingerprint density at radius 1 is 1.14 bits per heavy atom. The van der Waals surface area contributed by atoms with Gasteiger partial charge < -0.3 is 9.26 Å². The number of nitrogens with zero attached hydrogens (tertiary/aromatic N) is 3. The molecule has 21 heavy (non-hydrogen) atoms. The van der Waals surface area contributed by atoms with E-state index in [0.29, 0.717) is 22.1 Å². The maximum atomic E-state index is 12.2. The zero-order valence-corrected chi connectivity index (χ0v) is 10.5. The lowest BCUT2D eigenvalue weighted by atomic mass is 10.1. The van der Waals surface area contributed by atoms with Crippen LogP contribution in [0.2, 0.25) is 0 Å². The molecule has 3 aromatic rings. The van der Waals surface area contributed by atoms with E-state index in [1.807, 2.05) is 0 Å². The highest BCUT2D eigenvalue weighted by atomic mass is 19.4. The number of aromatic nitrogens is 3. The predicted octanol–water partition coefficient (Wildman–Crippen LogP) is 3.23.